The SMILES string of the molecule is N#Cc1ncccc1CNc1cccc(OC(F)(F)F)c1. The van der Waals surface area contributed by atoms with Crippen LogP contribution in [-0.2, 0) is 6.54 Å². The summed E-state index contributed by atoms with van der Waals surface area (Å²) >= 11 is 0. The third-order valence-electron chi connectivity index (χ3n) is 2.55. The first kappa shape index (κ1) is 14.7. The Bertz CT molecular complexity index is 665. The van der Waals surface area contributed by atoms with E-state index >= 15 is 0 Å². The van der Waals surface area contributed by atoms with E-state index in [2.05, 4.69) is 15.0 Å². The molecule has 1 heterocycles. The number of nitrogens with one attached hydrogen (secondary N) is 1. The number of hydrogen-bond donors (Lipinski definition) is 1. The van der Waals surface area contributed by atoms with Gasteiger partial charge in [0.2, 0.25) is 0 Å². The summed E-state index contributed by atoms with van der Waals surface area (Å²) in [7, 11) is 0. The Morgan fingerprint density at radius 3 is 2.76 bits per heavy atom. The van der Waals surface area contributed by atoms with Crippen molar-refractivity contribution in [2.45, 2.75) is 12.9 Å². The van der Waals surface area contributed by atoms with Crippen LogP contribution in [0.25, 0.3) is 0 Å². The summed E-state index contributed by atoms with van der Waals surface area (Å²) in [5, 5.41) is 11.8. The molecule has 108 valence electrons. The van der Waals surface area contributed by atoms with E-state index in [0.29, 0.717) is 11.3 Å². The summed E-state index contributed by atoms with van der Waals surface area (Å²) in [4.78, 5) is 3.90. The normalized spacial score (nSPS) is 10.8. The number of halogens is 3. The number of hydrogen-bond acceptors (Lipinski definition) is 4. The van der Waals surface area contributed by atoms with Crippen LogP contribution >= 0.6 is 0 Å². The molecule has 2 aromatic rings. The fraction of sp³-hybridized carbons (Fsp3) is 0.143. The summed E-state index contributed by atoms with van der Waals surface area (Å²) in [6, 6.07) is 10.8. The standard InChI is InChI=1S/C14H10F3N3O/c15-14(16,17)21-12-5-1-4-11(7-12)20-9-10-3-2-6-19-13(10)8-18/h1-7,20H,9H2. The molecule has 0 saturated carbocycles. The van der Waals surface area contributed by atoms with Crippen LogP contribution in [-0.4, -0.2) is 11.3 Å². The molecule has 0 aliphatic rings. The van der Waals surface area contributed by atoms with Crippen LogP contribution in [0, 0.1) is 11.3 Å². The maximum absolute atomic E-state index is 12.1. The topological polar surface area (TPSA) is 57.9 Å². The lowest BCUT2D eigenvalue weighted by molar-refractivity contribution is -0.274. The second kappa shape index (κ2) is 6.13. The molecule has 1 aromatic heterocycles. The zero-order chi connectivity index (χ0) is 15.3. The molecule has 0 saturated heterocycles. The number of ether oxygens (including phenoxy) is 1. The molecule has 0 spiro atoms. The van der Waals surface area contributed by atoms with Gasteiger partial charge < -0.3 is 10.1 Å². The van der Waals surface area contributed by atoms with Crippen molar-refractivity contribution in [2.75, 3.05) is 5.32 Å². The monoisotopic (exact) mass is 293 g/mol. The highest BCUT2D eigenvalue weighted by Crippen LogP contribution is 2.25. The number of nitrogens with zero attached hydrogens (tertiary/aromatic N) is 2. The summed E-state index contributed by atoms with van der Waals surface area (Å²) in [6.45, 7) is 0.270. The third kappa shape index (κ3) is 4.38. The van der Waals surface area contributed by atoms with Crippen LogP contribution in [0.2, 0.25) is 0 Å². The molecular formula is C14H10F3N3O. The van der Waals surface area contributed by atoms with Crippen LogP contribution in [0.3, 0.4) is 0 Å². The first-order valence-corrected chi connectivity index (χ1v) is 5.91. The lowest BCUT2D eigenvalue weighted by atomic mass is 10.2. The van der Waals surface area contributed by atoms with Gasteiger partial charge in [-0.25, -0.2) is 4.98 Å². The van der Waals surface area contributed by atoms with Crippen LogP contribution in [0.4, 0.5) is 18.9 Å². The van der Waals surface area contributed by atoms with E-state index in [1.165, 1.54) is 24.4 Å². The molecule has 4 nitrogen and oxygen atoms in total. The van der Waals surface area contributed by atoms with Gasteiger partial charge in [0, 0.05) is 30.1 Å². The van der Waals surface area contributed by atoms with Crippen LogP contribution in [0.15, 0.2) is 42.6 Å². The van der Waals surface area contributed by atoms with E-state index in [0.717, 1.165) is 0 Å². The van der Waals surface area contributed by atoms with Crippen LogP contribution in [0.1, 0.15) is 11.3 Å². The minimum atomic E-state index is -4.73. The highest BCUT2D eigenvalue weighted by Gasteiger charge is 2.31. The van der Waals surface area contributed by atoms with E-state index in [4.69, 9.17) is 5.26 Å². The smallest absolute Gasteiger partial charge is 0.406 e. The molecule has 0 unspecified atom stereocenters. The van der Waals surface area contributed by atoms with E-state index < -0.39 is 6.36 Å². The molecule has 0 amide bonds. The molecule has 0 aliphatic heterocycles. The Morgan fingerprint density at radius 2 is 2.05 bits per heavy atom. The molecule has 0 atom stereocenters. The van der Waals surface area contributed by atoms with Gasteiger partial charge in [-0.3, -0.25) is 0 Å². The number of nitriles is 1. The Morgan fingerprint density at radius 1 is 1.24 bits per heavy atom. The van der Waals surface area contributed by atoms with Gasteiger partial charge in [-0.1, -0.05) is 12.1 Å². The largest absolute Gasteiger partial charge is 0.573 e. The highest BCUT2D eigenvalue weighted by atomic mass is 19.4. The predicted molar refractivity (Wildman–Crippen MR) is 69.4 cm³/mol. The lowest BCUT2D eigenvalue weighted by Crippen LogP contribution is -2.17. The zero-order valence-electron chi connectivity index (χ0n) is 10.7. The van der Waals surface area contributed by atoms with Gasteiger partial charge in [0.05, 0.1) is 0 Å². The average molecular weight is 293 g/mol. The minimum Gasteiger partial charge on any atom is -0.406 e. The van der Waals surface area contributed by atoms with E-state index in [9.17, 15) is 13.2 Å². The molecule has 7 heteroatoms. The second-order valence-corrected chi connectivity index (χ2v) is 4.05. The van der Waals surface area contributed by atoms with Crippen molar-refractivity contribution in [3.8, 4) is 11.8 Å². The van der Waals surface area contributed by atoms with Gasteiger partial charge in [0.1, 0.15) is 17.5 Å². The first-order chi connectivity index (χ1) is 9.98. The van der Waals surface area contributed by atoms with Crippen LogP contribution in [0.5, 0.6) is 5.75 Å². The van der Waals surface area contributed by atoms with Gasteiger partial charge in [0.15, 0.2) is 0 Å². The van der Waals surface area contributed by atoms with Crippen molar-refractivity contribution in [3.63, 3.8) is 0 Å². The van der Waals surface area contributed by atoms with Crippen molar-refractivity contribution in [1.29, 1.82) is 5.26 Å². The fourth-order valence-electron chi connectivity index (χ4n) is 1.68. The lowest BCUT2D eigenvalue weighted by Gasteiger charge is -2.11. The van der Waals surface area contributed by atoms with E-state index in [1.54, 1.807) is 18.2 Å². The average Bonchev–Trinajstić information content (AvgIpc) is 2.44. The van der Waals surface area contributed by atoms with Gasteiger partial charge >= 0.3 is 6.36 Å². The number of rotatable bonds is 4. The van der Waals surface area contributed by atoms with Gasteiger partial charge in [-0.05, 0) is 18.2 Å². The van der Waals surface area contributed by atoms with Crippen molar-refractivity contribution >= 4 is 5.69 Å². The molecule has 0 fully saturated rings. The molecular weight excluding hydrogens is 283 g/mol. The highest BCUT2D eigenvalue weighted by molar-refractivity contribution is 5.49. The summed E-state index contributed by atoms with van der Waals surface area (Å²) in [5.41, 5.74) is 1.37. The Labute approximate surface area is 118 Å². The van der Waals surface area contributed by atoms with Gasteiger partial charge in [-0.2, -0.15) is 5.26 Å². The zero-order valence-corrected chi connectivity index (χ0v) is 10.7. The van der Waals surface area contributed by atoms with E-state index in [1.807, 2.05) is 6.07 Å². The number of alkyl halides is 3. The number of pyridine rings is 1. The first-order valence-electron chi connectivity index (χ1n) is 5.91. The Hall–Kier alpha value is -2.75. The summed E-state index contributed by atoms with van der Waals surface area (Å²) < 4.78 is 40.2. The maximum Gasteiger partial charge on any atom is 0.573 e. The van der Waals surface area contributed by atoms with Gasteiger partial charge in [-0.15, -0.1) is 13.2 Å². The van der Waals surface area contributed by atoms with Crippen molar-refractivity contribution < 1.29 is 17.9 Å². The van der Waals surface area contributed by atoms with Crippen molar-refractivity contribution in [2.24, 2.45) is 0 Å². The van der Waals surface area contributed by atoms with E-state index in [-0.39, 0.29) is 18.0 Å². The number of aromatic nitrogens is 1. The molecule has 1 aromatic carbocycles. The van der Waals surface area contributed by atoms with Crippen molar-refractivity contribution in [3.05, 3.63) is 53.9 Å². The van der Waals surface area contributed by atoms with Crippen LogP contribution < -0.4 is 10.1 Å². The Kier molecular flexibility index (Phi) is 4.28. The molecule has 21 heavy (non-hydrogen) atoms. The molecule has 0 bridgehead atoms. The van der Waals surface area contributed by atoms with Gasteiger partial charge in [0.25, 0.3) is 0 Å². The molecule has 1 N–H and O–H groups in total. The summed E-state index contributed by atoms with van der Waals surface area (Å²) in [6.07, 6.45) is -3.23. The molecule has 0 radical (unpaired) electrons. The summed E-state index contributed by atoms with van der Waals surface area (Å²) in [5.74, 6) is -0.306. The maximum atomic E-state index is 12.1. The molecule has 0 aliphatic carbocycles. The second-order valence-electron chi connectivity index (χ2n) is 4.05. The number of anilines is 1. The predicted octanol–water partition coefficient (Wildman–Crippen LogP) is 3.46. The Balaban J connectivity index is 2.07. The number of benzene rings is 1. The minimum absolute atomic E-state index is 0.270. The fourth-order valence-corrected chi connectivity index (χ4v) is 1.68. The third-order valence-corrected chi connectivity index (χ3v) is 2.55. The molecule has 2 rings (SSSR count). The quantitative estimate of drug-likeness (QED) is 0.937. The van der Waals surface area contributed by atoms with Crippen molar-refractivity contribution in [1.82, 2.24) is 4.98 Å².